The van der Waals surface area contributed by atoms with Gasteiger partial charge in [-0.3, -0.25) is 4.68 Å². The van der Waals surface area contributed by atoms with Crippen LogP contribution in [0.1, 0.15) is 36.1 Å². The number of aryl methyl sites for hydroxylation is 1. The molecule has 1 aliphatic carbocycles. The van der Waals surface area contributed by atoms with Gasteiger partial charge >= 0.3 is 5.97 Å². The summed E-state index contributed by atoms with van der Waals surface area (Å²) in [5.41, 5.74) is 3.96. The third kappa shape index (κ3) is 3.96. The second kappa shape index (κ2) is 8.32. The zero-order valence-corrected chi connectivity index (χ0v) is 17.3. The van der Waals surface area contributed by atoms with Crippen molar-refractivity contribution in [3.8, 4) is 17.0 Å². The Hall–Kier alpha value is -3.12. The summed E-state index contributed by atoms with van der Waals surface area (Å²) in [4.78, 5) is 11.6. The van der Waals surface area contributed by atoms with Crippen LogP contribution in [0.4, 0.5) is 0 Å². The highest BCUT2D eigenvalue weighted by molar-refractivity contribution is 5.78. The van der Waals surface area contributed by atoms with Crippen molar-refractivity contribution in [2.75, 3.05) is 7.11 Å². The molecule has 0 aliphatic heterocycles. The quantitative estimate of drug-likeness (QED) is 0.599. The fraction of sp³-hybridized carbons (Fsp3) is 0.333. The van der Waals surface area contributed by atoms with Crippen molar-refractivity contribution < 1.29 is 19.4 Å². The number of rotatable bonds is 8. The molecule has 6 heteroatoms. The van der Waals surface area contributed by atoms with Crippen LogP contribution in [0.5, 0.6) is 5.75 Å². The second-order valence-electron chi connectivity index (χ2n) is 7.78. The highest BCUT2D eigenvalue weighted by atomic mass is 16.5. The number of carboxylic acid groups (broad SMARTS) is 1. The summed E-state index contributed by atoms with van der Waals surface area (Å²) in [6, 6.07) is 18.0. The van der Waals surface area contributed by atoms with Crippen LogP contribution in [-0.4, -0.2) is 33.6 Å². The molecule has 2 aromatic carbocycles. The lowest BCUT2D eigenvalue weighted by Gasteiger charge is -2.37. The number of ether oxygens (including phenoxy) is 2. The van der Waals surface area contributed by atoms with E-state index in [1.165, 1.54) is 11.1 Å². The first-order valence-electron chi connectivity index (χ1n) is 10.1. The average molecular weight is 406 g/mol. The Labute approximate surface area is 176 Å². The number of carbonyl (C=O) groups is 1. The summed E-state index contributed by atoms with van der Waals surface area (Å²) in [5.74, 6) is -0.116. The van der Waals surface area contributed by atoms with E-state index in [-0.39, 0.29) is 6.61 Å². The third-order valence-corrected chi connectivity index (χ3v) is 5.82. The van der Waals surface area contributed by atoms with Crippen LogP contribution in [0.15, 0.2) is 54.6 Å². The Bertz CT molecular complexity index is 1050. The van der Waals surface area contributed by atoms with Gasteiger partial charge < -0.3 is 14.6 Å². The summed E-state index contributed by atoms with van der Waals surface area (Å²) in [5, 5.41) is 14.3. The maximum Gasteiger partial charge on any atom is 0.335 e. The molecule has 30 heavy (non-hydrogen) atoms. The monoisotopic (exact) mass is 406 g/mol. The van der Waals surface area contributed by atoms with E-state index >= 15 is 0 Å². The Morgan fingerprint density at radius 2 is 1.97 bits per heavy atom. The summed E-state index contributed by atoms with van der Waals surface area (Å²) in [6.45, 7) is 2.87. The summed E-state index contributed by atoms with van der Waals surface area (Å²) >= 11 is 0. The van der Waals surface area contributed by atoms with Gasteiger partial charge in [-0.05, 0) is 55.5 Å². The molecule has 6 nitrogen and oxygen atoms in total. The van der Waals surface area contributed by atoms with Gasteiger partial charge in [-0.15, -0.1) is 0 Å². The van der Waals surface area contributed by atoms with Crippen LogP contribution in [0, 0.1) is 6.92 Å². The molecule has 156 valence electrons. The molecule has 3 aromatic rings. The van der Waals surface area contributed by atoms with Crippen molar-refractivity contribution in [1.29, 1.82) is 0 Å². The summed E-state index contributed by atoms with van der Waals surface area (Å²) in [6.07, 6.45) is 1.98. The second-order valence-corrected chi connectivity index (χ2v) is 7.78. The van der Waals surface area contributed by atoms with E-state index in [0.29, 0.717) is 25.1 Å². The Morgan fingerprint density at radius 1 is 1.17 bits per heavy atom. The minimum Gasteiger partial charge on any atom is -0.497 e. The molecule has 0 saturated heterocycles. The fourth-order valence-electron chi connectivity index (χ4n) is 3.75. The molecule has 0 bridgehead atoms. The summed E-state index contributed by atoms with van der Waals surface area (Å²) in [7, 11) is 1.65. The van der Waals surface area contributed by atoms with Crippen LogP contribution in [0.2, 0.25) is 0 Å². The van der Waals surface area contributed by atoms with Gasteiger partial charge in [-0.1, -0.05) is 36.4 Å². The topological polar surface area (TPSA) is 73.6 Å². The maximum absolute atomic E-state index is 11.6. The highest BCUT2D eigenvalue weighted by Crippen LogP contribution is 2.37. The number of nitrogens with zero attached hydrogens (tertiary/aromatic N) is 2. The number of hydrogen-bond donors (Lipinski definition) is 1. The Kier molecular flexibility index (Phi) is 5.59. The highest BCUT2D eigenvalue weighted by Gasteiger charge is 2.45. The van der Waals surface area contributed by atoms with Gasteiger partial charge in [0.05, 0.1) is 31.6 Å². The van der Waals surface area contributed by atoms with E-state index in [1.807, 2.05) is 47.1 Å². The molecule has 1 aliphatic rings. The molecule has 0 spiro atoms. The molecule has 0 atom stereocenters. The van der Waals surface area contributed by atoms with Crippen LogP contribution >= 0.6 is 0 Å². The van der Waals surface area contributed by atoms with Gasteiger partial charge in [-0.25, -0.2) is 4.79 Å². The Morgan fingerprint density at radius 3 is 2.63 bits per heavy atom. The van der Waals surface area contributed by atoms with Crippen LogP contribution in [-0.2, 0) is 22.7 Å². The fourth-order valence-corrected chi connectivity index (χ4v) is 3.75. The lowest BCUT2D eigenvalue weighted by molar-refractivity contribution is -0.181. The van der Waals surface area contributed by atoms with Crippen LogP contribution in [0.25, 0.3) is 11.3 Å². The predicted octanol–water partition coefficient (Wildman–Crippen LogP) is 4.44. The number of aromatic nitrogens is 2. The van der Waals surface area contributed by atoms with Gasteiger partial charge in [0.2, 0.25) is 0 Å². The minimum absolute atomic E-state index is 0.171. The molecule has 1 heterocycles. The molecule has 1 fully saturated rings. The molecule has 1 N–H and O–H groups in total. The lowest BCUT2D eigenvalue weighted by Crippen LogP contribution is -2.47. The molecular formula is C24H26N2O4. The third-order valence-electron chi connectivity index (χ3n) is 5.82. The first-order chi connectivity index (χ1) is 14.5. The van der Waals surface area contributed by atoms with Gasteiger partial charge in [0, 0.05) is 5.56 Å². The molecule has 0 unspecified atom stereocenters. The van der Waals surface area contributed by atoms with Crippen molar-refractivity contribution in [3.63, 3.8) is 0 Å². The minimum atomic E-state index is -1.06. The van der Waals surface area contributed by atoms with Crippen molar-refractivity contribution in [2.24, 2.45) is 0 Å². The van der Waals surface area contributed by atoms with Crippen molar-refractivity contribution in [2.45, 2.75) is 44.9 Å². The van der Waals surface area contributed by atoms with E-state index in [0.717, 1.165) is 23.4 Å². The number of benzene rings is 2. The zero-order chi connectivity index (χ0) is 21.1. The Balaban J connectivity index is 1.66. The number of hydrogen-bond acceptors (Lipinski definition) is 4. The number of aliphatic carboxylic acids is 1. The van der Waals surface area contributed by atoms with Crippen molar-refractivity contribution >= 4 is 5.97 Å². The van der Waals surface area contributed by atoms with E-state index < -0.39 is 11.6 Å². The smallest absolute Gasteiger partial charge is 0.335 e. The van der Waals surface area contributed by atoms with Crippen molar-refractivity contribution in [3.05, 3.63) is 71.4 Å². The zero-order valence-electron chi connectivity index (χ0n) is 17.3. The SMILES string of the molecule is COc1cccc(-c2cc(COC3(C(=O)O)CCC3)nn2Cc2ccccc2C)c1. The number of methoxy groups -OCH3 is 1. The molecular weight excluding hydrogens is 380 g/mol. The van der Waals surface area contributed by atoms with Gasteiger partial charge in [-0.2, -0.15) is 5.10 Å². The van der Waals surface area contributed by atoms with E-state index in [1.54, 1.807) is 7.11 Å². The predicted molar refractivity (Wildman–Crippen MR) is 114 cm³/mol. The summed E-state index contributed by atoms with van der Waals surface area (Å²) < 4.78 is 13.2. The molecule has 0 radical (unpaired) electrons. The molecule has 4 rings (SSSR count). The van der Waals surface area contributed by atoms with Crippen LogP contribution in [0.3, 0.4) is 0 Å². The molecule has 1 saturated carbocycles. The first kappa shape index (κ1) is 20.2. The van der Waals surface area contributed by atoms with Gasteiger partial charge in [0.15, 0.2) is 5.60 Å². The average Bonchev–Trinajstić information content (AvgIpc) is 3.11. The lowest BCUT2D eigenvalue weighted by atomic mass is 9.80. The normalized spacial score (nSPS) is 14.9. The molecule has 0 amide bonds. The van der Waals surface area contributed by atoms with E-state index in [9.17, 15) is 9.90 Å². The largest absolute Gasteiger partial charge is 0.497 e. The van der Waals surface area contributed by atoms with Crippen molar-refractivity contribution in [1.82, 2.24) is 9.78 Å². The maximum atomic E-state index is 11.6. The van der Waals surface area contributed by atoms with Gasteiger partial charge in [0.25, 0.3) is 0 Å². The van der Waals surface area contributed by atoms with Gasteiger partial charge in [0.1, 0.15) is 5.75 Å². The standard InChI is InChI=1S/C24H26N2O4/c1-17-7-3-4-8-19(17)15-26-22(18-9-5-10-21(13-18)29-2)14-20(25-26)16-30-24(23(27)28)11-6-12-24/h3-5,7-10,13-14H,6,11-12,15-16H2,1-2H3,(H,27,28). The molecule has 1 aromatic heterocycles. The van der Waals surface area contributed by atoms with Crippen LogP contribution < -0.4 is 4.74 Å². The first-order valence-corrected chi connectivity index (χ1v) is 10.1. The van der Waals surface area contributed by atoms with E-state index in [4.69, 9.17) is 14.6 Å². The number of carboxylic acids is 1. The van der Waals surface area contributed by atoms with E-state index in [2.05, 4.69) is 19.1 Å².